The van der Waals surface area contributed by atoms with E-state index in [1.54, 1.807) is 0 Å². The monoisotopic (exact) mass is 277 g/mol. The predicted octanol–water partition coefficient (Wildman–Crippen LogP) is 3.82. The Morgan fingerprint density at radius 1 is 1.13 bits per heavy atom. The van der Waals surface area contributed by atoms with E-state index >= 15 is 0 Å². The van der Waals surface area contributed by atoms with Crippen LogP contribution in [0.4, 0.5) is 0 Å². The van der Waals surface area contributed by atoms with E-state index in [0.717, 1.165) is 12.8 Å². The van der Waals surface area contributed by atoms with Crippen molar-refractivity contribution in [3.8, 4) is 0 Å². The molecular formula is C8H18Cl2NO3P. The lowest BCUT2D eigenvalue weighted by atomic mass is 10.4. The van der Waals surface area contributed by atoms with Gasteiger partial charge in [-0.1, -0.05) is 49.9 Å². The van der Waals surface area contributed by atoms with Gasteiger partial charge in [0, 0.05) is 0 Å². The van der Waals surface area contributed by atoms with Gasteiger partial charge < -0.3 is 0 Å². The first kappa shape index (κ1) is 15.7. The fourth-order valence-electron chi connectivity index (χ4n) is 0.903. The summed E-state index contributed by atoms with van der Waals surface area (Å²) in [5, 5.41) is 0. The van der Waals surface area contributed by atoms with Gasteiger partial charge in [0.1, 0.15) is 11.1 Å². The number of hydrogen-bond donors (Lipinski definition) is 1. The lowest BCUT2D eigenvalue weighted by Crippen LogP contribution is -2.14. The summed E-state index contributed by atoms with van der Waals surface area (Å²) >= 11 is 11.5. The number of nitrogens with two attached hydrogens (primary N) is 1. The Kier molecular flexibility index (Phi) is 8.24. The summed E-state index contributed by atoms with van der Waals surface area (Å²) in [5.74, 6) is 0. The molecule has 0 aromatic rings. The molecule has 0 fully saturated rings. The van der Waals surface area contributed by atoms with Crippen LogP contribution in [0.1, 0.15) is 39.5 Å². The van der Waals surface area contributed by atoms with Crippen LogP contribution in [0.5, 0.6) is 0 Å². The summed E-state index contributed by atoms with van der Waals surface area (Å²) in [6.45, 7) is 3.87. The van der Waals surface area contributed by atoms with E-state index in [4.69, 9.17) is 37.8 Å². The van der Waals surface area contributed by atoms with Crippen molar-refractivity contribution >= 4 is 30.9 Å². The maximum atomic E-state index is 11.5. The highest BCUT2D eigenvalue weighted by Gasteiger charge is 2.26. The predicted molar refractivity (Wildman–Crippen MR) is 63.1 cm³/mol. The zero-order valence-corrected chi connectivity index (χ0v) is 11.4. The topological polar surface area (TPSA) is 61.5 Å². The molecule has 0 saturated carbocycles. The largest absolute Gasteiger partial charge is 0.405 e. The molecule has 0 rings (SSSR count). The zero-order valence-electron chi connectivity index (χ0n) is 8.99. The van der Waals surface area contributed by atoms with Crippen molar-refractivity contribution in [2.24, 2.45) is 5.50 Å². The van der Waals surface area contributed by atoms with E-state index in [9.17, 15) is 4.57 Å². The van der Waals surface area contributed by atoms with Gasteiger partial charge in [0.25, 0.3) is 0 Å². The summed E-state index contributed by atoms with van der Waals surface area (Å²) in [6.07, 6.45) is 2.75. The standard InChI is InChI=1S/C8H18Cl2NO3P/c1-3-5-7(9)13-15(11,12)14-8(10)6-4-2/h7-8H,3-6H2,1-2H3,(H2,11,12). The molecule has 15 heavy (non-hydrogen) atoms. The van der Waals surface area contributed by atoms with Crippen LogP contribution in [-0.2, 0) is 13.6 Å². The number of halogens is 2. The van der Waals surface area contributed by atoms with Crippen molar-refractivity contribution in [1.82, 2.24) is 0 Å². The van der Waals surface area contributed by atoms with Gasteiger partial charge in [0.05, 0.1) is 0 Å². The van der Waals surface area contributed by atoms with Crippen LogP contribution in [0.15, 0.2) is 0 Å². The maximum Gasteiger partial charge on any atom is 0.405 e. The molecule has 0 bridgehead atoms. The Bertz CT molecular complexity index is 200. The minimum Gasteiger partial charge on any atom is -0.277 e. The first-order chi connectivity index (χ1) is 6.91. The second kappa shape index (κ2) is 7.88. The lowest BCUT2D eigenvalue weighted by molar-refractivity contribution is 0.167. The number of alkyl halides is 2. The van der Waals surface area contributed by atoms with E-state index < -0.39 is 18.9 Å². The van der Waals surface area contributed by atoms with Crippen LogP contribution in [0.3, 0.4) is 0 Å². The molecule has 0 saturated heterocycles. The molecule has 0 radical (unpaired) electrons. The average Bonchev–Trinajstić information content (AvgIpc) is 2.01. The Morgan fingerprint density at radius 3 is 1.73 bits per heavy atom. The van der Waals surface area contributed by atoms with E-state index in [0.29, 0.717) is 12.8 Å². The SMILES string of the molecule is CCCC(Cl)OP(N)(=O)OC(Cl)CCC. The third-order valence-electron chi connectivity index (χ3n) is 1.55. The van der Waals surface area contributed by atoms with Gasteiger partial charge in [0.15, 0.2) is 0 Å². The Morgan fingerprint density at radius 2 is 1.47 bits per heavy atom. The fourth-order valence-corrected chi connectivity index (χ4v) is 2.90. The number of hydrogen-bond acceptors (Lipinski definition) is 3. The van der Waals surface area contributed by atoms with Crippen LogP contribution in [0.25, 0.3) is 0 Å². The lowest BCUT2D eigenvalue weighted by Gasteiger charge is -2.19. The maximum absolute atomic E-state index is 11.5. The highest BCUT2D eigenvalue weighted by atomic mass is 35.5. The van der Waals surface area contributed by atoms with Crippen LogP contribution in [-0.4, -0.2) is 11.1 Å². The normalized spacial score (nSPS) is 19.5. The van der Waals surface area contributed by atoms with Gasteiger partial charge in [-0.3, -0.25) is 9.05 Å². The summed E-state index contributed by atoms with van der Waals surface area (Å²) in [5.41, 5.74) is 3.93. The van der Waals surface area contributed by atoms with Crippen molar-refractivity contribution in [3.05, 3.63) is 0 Å². The van der Waals surface area contributed by atoms with Crippen LogP contribution in [0.2, 0.25) is 0 Å². The van der Waals surface area contributed by atoms with Gasteiger partial charge in [-0.05, 0) is 12.8 Å². The molecule has 7 heteroatoms. The first-order valence-electron chi connectivity index (χ1n) is 4.94. The zero-order chi connectivity index (χ0) is 11.9. The van der Waals surface area contributed by atoms with Crippen molar-refractivity contribution < 1.29 is 13.6 Å². The van der Waals surface area contributed by atoms with Crippen molar-refractivity contribution in [2.75, 3.05) is 0 Å². The molecule has 0 spiro atoms. The molecule has 2 unspecified atom stereocenters. The van der Waals surface area contributed by atoms with E-state index in [-0.39, 0.29) is 0 Å². The molecule has 2 atom stereocenters. The molecule has 0 aliphatic rings. The fraction of sp³-hybridized carbons (Fsp3) is 1.00. The van der Waals surface area contributed by atoms with Crippen molar-refractivity contribution in [1.29, 1.82) is 0 Å². The average molecular weight is 278 g/mol. The molecule has 2 N–H and O–H groups in total. The Hall–Kier alpha value is 0.690. The molecule has 0 amide bonds. The first-order valence-corrected chi connectivity index (χ1v) is 7.43. The summed E-state index contributed by atoms with van der Waals surface area (Å²) in [4.78, 5) is 0. The third-order valence-corrected chi connectivity index (χ3v) is 3.51. The second-order valence-electron chi connectivity index (χ2n) is 3.15. The molecule has 0 heterocycles. The smallest absolute Gasteiger partial charge is 0.277 e. The van der Waals surface area contributed by atoms with Gasteiger partial charge in [-0.15, -0.1) is 0 Å². The van der Waals surface area contributed by atoms with Gasteiger partial charge >= 0.3 is 7.75 Å². The summed E-state index contributed by atoms with van der Waals surface area (Å²) < 4.78 is 21.3. The van der Waals surface area contributed by atoms with Gasteiger partial charge in [0.2, 0.25) is 0 Å². The van der Waals surface area contributed by atoms with Gasteiger partial charge in [-0.25, -0.2) is 10.1 Å². The molecule has 4 nitrogen and oxygen atoms in total. The minimum atomic E-state index is -3.63. The van der Waals surface area contributed by atoms with E-state index in [2.05, 4.69) is 0 Å². The quantitative estimate of drug-likeness (QED) is 0.541. The highest BCUT2D eigenvalue weighted by molar-refractivity contribution is 7.51. The molecule has 0 aliphatic carbocycles. The summed E-state index contributed by atoms with van der Waals surface area (Å²) in [7, 11) is -3.63. The molecule has 92 valence electrons. The van der Waals surface area contributed by atoms with Crippen LogP contribution in [0, 0.1) is 0 Å². The summed E-state index contributed by atoms with van der Waals surface area (Å²) in [6, 6.07) is 0. The molecule has 0 aliphatic heterocycles. The van der Waals surface area contributed by atoms with Crippen LogP contribution < -0.4 is 5.50 Å². The highest BCUT2D eigenvalue weighted by Crippen LogP contribution is 2.44. The number of rotatable bonds is 8. The third kappa shape index (κ3) is 8.49. The molecular weight excluding hydrogens is 260 g/mol. The van der Waals surface area contributed by atoms with E-state index in [1.807, 2.05) is 13.8 Å². The van der Waals surface area contributed by atoms with Crippen molar-refractivity contribution in [2.45, 2.75) is 50.7 Å². The Balaban J connectivity index is 4.00. The van der Waals surface area contributed by atoms with Crippen molar-refractivity contribution in [3.63, 3.8) is 0 Å². The molecule has 0 aromatic heterocycles. The van der Waals surface area contributed by atoms with Gasteiger partial charge in [-0.2, -0.15) is 0 Å². The second-order valence-corrected chi connectivity index (χ2v) is 5.62. The Labute approximate surface area is 101 Å². The van der Waals surface area contributed by atoms with E-state index in [1.165, 1.54) is 0 Å². The minimum absolute atomic E-state index is 0.562. The van der Waals surface area contributed by atoms with Crippen LogP contribution >= 0.6 is 30.9 Å². The molecule has 0 aromatic carbocycles.